The molecule has 1 aromatic carbocycles. The lowest BCUT2D eigenvalue weighted by Gasteiger charge is -2.33. The van der Waals surface area contributed by atoms with Gasteiger partial charge in [-0.2, -0.15) is 8.75 Å². The van der Waals surface area contributed by atoms with Crippen molar-refractivity contribution < 1.29 is 19.1 Å². The van der Waals surface area contributed by atoms with Crippen molar-refractivity contribution in [2.45, 2.75) is 18.9 Å². The van der Waals surface area contributed by atoms with Crippen LogP contribution in [-0.2, 0) is 14.3 Å². The van der Waals surface area contributed by atoms with Crippen LogP contribution in [0.4, 0.5) is 0 Å². The van der Waals surface area contributed by atoms with Crippen LogP contribution in [0.25, 0.3) is 11.0 Å². The molecule has 1 aliphatic rings. The van der Waals surface area contributed by atoms with Gasteiger partial charge in [-0.05, 0) is 31.0 Å². The second kappa shape index (κ2) is 7.01. The van der Waals surface area contributed by atoms with E-state index in [1.807, 2.05) is 0 Å². The van der Waals surface area contributed by atoms with Crippen LogP contribution in [0.3, 0.4) is 0 Å². The van der Waals surface area contributed by atoms with E-state index in [2.05, 4.69) is 8.75 Å². The zero-order valence-corrected chi connectivity index (χ0v) is 13.5. The molecule has 122 valence electrons. The molecule has 0 spiro atoms. The van der Waals surface area contributed by atoms with Crippen LogP contribution < -0.4 is 0 Å². The highest BCUT2D eigenvalue weighted by atomic mass is 32.1. The molecule has 0 saturated carbocycles. The molecule has 8 heteroatoms. The van der Waals surface area contributed by atoms with Crippen molar-refractivity contribution in [3.05, 3.63) is 23.8 Å². The fourth-order valence-electron chi connectivity index (χ4n) is 2.65. The number of hydrogen-bond acceptors (Lipinski definition) is 7. The number of fused-ring (bicyclic) bond motifs is 1. The molecule has 0 atom stereocenters. The Morgan fingerprint density at radius 2 is 2.04 bits per heavy atom. The molecular weight excluding hydrogens is 318 g/mol. The van der Waals surface area contributed by atoms with Gasteiger partial charge in [-0.15, -0.1) is 0 Å². The maximum Gasteiger partial charge on any atom is 0.325 e. The van der Waals surface area contributed by atoms with Gasteiger partial charge in [0.25, 0.3) is 5.91 Å². The fraction of sp³-hybridized carbons (Fsp3) is 0.467. The molecule has 1 aromatic heterocycles. The maximum absolute atomic E-state index is 12.9. The summed E-state index contributed by atoms with van der Waals surface area (Å²) in [6.07, 6.45) is 1.42. The van der Waals surface area contributed by atoms with Crippen LogP contribution in [0.15, 0.2) is 18.2 Å². The number of methoxy groups -OCH3 is 1. The lowest BCUT2D eigenvalue weighted by Crippen LogP contribution is -2.46. The van der Waals surface area contributed by atoms with E-state index in [0.717, 1.165) is 17.2 Å². The van der Waals surface area contributed by atoms with Gasteiger partial charge in [0.05, 0.1) is 18.8 Å². The number of hydrogen-bond donors (Lipinski definition) is 0. The maximum atomic E-state index is 12.9. The number of aromatic nitrogens is 2. The van der Waals surface area contributed by atoms with Crippen molar-refractivity contribution in [2.24, 2.45) is 0 Å². The Balaban J connectivity index is 1.86. The predicted molar refractivity (Wildman–Crippen MR) is 84.3 cm³/mol. The molecule has 0 aliphatic carbocycles. The number of benzene rings is 1. The zero-order valence-electron chi connectivity index (χ0n) is 12.7. The van der Waals surface area contributed by atoms with Crippen LogP contribution in [0.2, 0.25) is 0 Å². The Morgan fingerprint density at radius 3 is 2.78 bits per heavy atom. The van der Waals surface area contributed by atoms with Gasteiger partial charge in [0, 0.05) is 24.8 Å². The number of carbonyl (C=O) groups is 2. The summed E-state index contributed by atoms with van der Waals surface area (Å²) in [5.41, 5.74) is 1.95. The molecule has 1 aliphatic heterocycles. The lowest BCUT2D eigenvalue weighted by atomic mass is 10.0. The molecule has 0 radical (unpaired) electrons. The van der Waals surface area contributed by atoms with Crippen molar-refractivity contribution in [1.82, 2.24) is 13.6 Å². The number of amides is 1. The Kier molecular flexibility index (Phi) is 4.82. The number of ether oxygens (including phenoxy) is 2. The SMILES string of the molecule is COC(=O)CN(C(=O)c1ccc2nsnc2c1)C1CCOCC1. The molecule has 1 fully saturated rings. The van der Waals surface area contributed by atoms with E-state index in [1.54, 1.807) is 23.1 Å². The average Bonchev–Trinajstić information content (AvgIpc) is 3.07. The van der Waals surface area contributed by atoms with Gasteiger partial charge in [-0.25, -0.2) is 0 Å². The third-order valence-corrected chi connectivity index (χ3v) is 4.48. The van der Waals surface area contributed by atoms with Gasteiger partial charge in [-0.1, -0.05) is 0 Å². The molecular formula is C15H17N3O4S. The van der Waals surface area contributed by atoms with E-state index in [0.29, 0.717) is 37.1 Å². The Hall–Kier alpha value is -2.06. The summed E-state index contributed by atoms with van der Waals surface area (Å²) in [5.74, 6) is -0.626. The Bertz CT molecular complexity index is 712. The minimum absolute atomic E-state index is 0.0281. The second-order valence-corrected chi connectivity index (χ2v) is 5.85. The van der Waals surface area contributed by atoms with Crippen molar-refractivity contribution in [2.75, 3.05) is 26.9 Å². The second-order valence-electron chi connectivity index (χ2n) is 5.32. The minimum atomic E-state index is -0.429. The molecule has 0 N–H and O–H groups in total. The fourth-order valence-corrected chi connectivity index (χ4v) is 3.17. The summed E-state index contributed by atoms with van der Waals surface area (Å²) < 4.78 is 18.4. The Morgan fingerprint density at radius 1 is 1.30 bits per heavy atom. The molecule has 23 heavy (non-hydrogen) atoms. The first-order valence-corrected chi connectivity index (χ1v) is 8.10. The molecule has 7 nitrogen and oxygen atoms in total. The van der Waals surface area contributed by atoms with E-state index in [1.165, 1.54) is 7.11 Å². The smallest absolute Gasteiger partial charge is 0.325 e. The van der Waals surface area contributed by atoms with Crippen molar-refractivity contribution in [1.29, 1.82) is 0 Å². The highest BCUT2D eigenvalue weighted by Gasteiger charge is 2.29. The molecule has 1 saturated heterocycles. The van der Waals surface area contributed by atoms with Gasteiger partial charge in [0.2, 0.25) is 0 Å². The predicted octanol–water partition coefficient (Wildman–Crippen LogP) is 1.49. The first-order chi connectivity index (χ1) is 11.2. The summed E-state index contributed by atoms with van der Waals surface area (Å²) in [6, 6.07) is 5.17. The normalized spacial score (nSPS) is 15.5. The number of esters is 1. The third kappa shape index (κ3) is 3.48. The van der Waals surface area contributed by atoms with Gasteiger partial charge >= 0.3 is 5.97 Å². The number of nitrogens with zero attached hydrogens (tertiary/aromatic N) is 3. The first-order valence-electron chi connectivity index (χ1n) is 7.37. The summed E-state index contributed by atoms with van der Waals surface area (Å²) in [7, 11) is 1.32. The molecule has 0 bridgehead atoms. The van der Waals surface area contributed by atoms with Gasteiger partial charge in [-0.3, -0.25) is 9.59 Å². The van der Waals surface area contributed by atoms with Crippen molar-refractivity contribution in [3.8, 4) is 0 Å². The zero-order chi connectivity index (χ0) is 16.2. The van der Waals surface area contributed by atoms with Gasteiger partial charge < -0.3 is 14.4 Å². The Labute approximate surface area is 137 Å². The molecule has 2 heterocycles. The molecule has 0 unspecified atom stereocenters. The highest BCUT2D eigenvalue weighted by Crippen LogP contribution is 2.20. The van der Waals surface area contributed by atoms with Crippen LogP contribution in [0.5, 0.6) is 0 Å². The summed E-state index contributed by atoms with van der Waals surface area (Å²) in [6.45, 7) is 1.11. The molecule has 3 rings (SSSR count). The van der Waals surface area contributed by atoms with E-state index >= 15 is 0 Å². The van der Waals surface area contributed by atoms with Crippen molar-refractivity contribution >= 4 is 34.6 Å². The number of rotatable bonds is 4. The largest absolute Gasteiger partial charge is 0.468 e. The van der Waals surface area contributed by atoms with E-state index < -0.39 is 5.97 Å². The molecule has 1 amide bonds. The number of carbonyl (C=O) groups excluding carboxylic acids is 2. The van der Waals surface area contributed by atoms with Crippen molar-refractivity contribution in [3.63, 3.8) is 0 Å². The van der Waals surface area contributed by atoms with Crippen LogP contribution >= 0.6 is 11.7 Å². The highest BCUT2D eigenvalue weighted by molar-refractivity contribution is 7.00. The van der Waals surface area contributed by atoms with Crippen LogP contribution in [0, 0.1) is 0 Å². The van der Waals surface area contributed by atoms with E-state index in [4.69, 9.17) is 9.47 Å². The molecule has 2 aromatic rings. The standard InChI is InChI=1S/C15H17N3O4S/c1-21-14(19)9-18(11-4-6-22-7-5-11)15(20)10-2-3-12-13(8-10)17-23-16-12/h2-3,8,11H,4-7,9H2,1H3. The minimum Gasteiger partial charge on any atom is -0.468 e. The average molecular weight is 335 g/mol. The van der Waals surface area contributed by atoms with E-state index in [9.17, 15) is 9.59 Å². The topological polar surface area (TPSA) is 81.6 Å². The van der Waals surface area contributed by atoms with Gasteiger partial charge in [0.1, 0.15) is 17.6 Å². The van der Waals surface area contributed by atoms with Crippen LogP contribution in [0.1, 0.15) is 23.2 Å². The lowest BCUT2D eigenvalue weighted by molar-refractivity contribution is -0.142. The van der Waals surface area contributed by atoms with Gasteiger partial charge in [0.15, 0.2) is 0 Å². The van der Waals surface area contributed by atoms with Crippen LogP contribution in [-0.4, -0.2) is 58.4 Å². The summed E-state index contributed by atoms with van der Waals surface area (Å²) >= 11 is 1.11. The monoisotopic (exact) mass is 335 g/mol. The first kappa shape index (κ1) is 15.8. The third-order valence-electron chi connectivity index (χ3n) is 3.92. The summed E-state index contributed by atoms with van der Waals surface area (Å²) in [4.78, 5) is 26.2. The van der Waals surface area contributed by atoms with E-state index in [-0.39, 0.29) is 18.5 Å². The summed E-state index contributed by atoms with van der Waals surface area (Å²) in [5, 5.41) is 0. The quantitative estimate of drug-likeness (QED) is 0.787.